The molecule has 0 unspecified atom stereocenters. The molecule has 0 bridgehead atoms. The lowest BCUT2D eigenvalue weighted by Gasteiger charge is -2.30. The molecule has 232 valence electrons. The van der Waals surface area contributed by atoms with E-state index in [1.165, 1.54) is 92.2 Å². The highest BCUT2D eigenvalue weighted by molar-refractivity contribution is 7.27. The number of nitrogens with zero attached hydrogens (tertiary/aromatic N) is 1. The summed E-state index contributed by atoms with van der Waals surface area (Å²) in [5.41, 5.74) is 11.3. The second-order valence-electron chi connectivity index (χ2n) is 13.7. The van der Waals surface area contributed by atoms with Gasteiger partial charge >= 0.3 is 0 Å². The number of hydrogen-bond acceptors (Lipinski definition) is 2. The third-order valence-corrected chi connectivity index (χ3v) is 11.8. The maximum absolute atomic E-state index is 2.52. The van der Waals surface area contributed by atoms with Crippen molar-refractivity contribution in [2.45, 2.75) is 19.3 Å². The molecule has 0 saturated carbocycles. The van der Waals surface area contributed by atoms with E-state index in [1.54, 1.807) is 0 Å². The van der Waals surface area contributed by atoms with Crippen LogP contribution in [0.25, 0.3) is 64.0 Å². The summed E-state index contributed by atoms with van der Waals surface area (Å²) >= 11 is 1.91. The first-order chi connectivity index (χ1) is 24.1. The Labute approximate surface area is 290 Å². The maximum Gasteiger partial charge on any atom is 0.0555 e. The summed E-state index contributed by atoms with van der Waals surface area (Å²) in [7, 11) is 0. The highest BCUT2D eigenvalue weighted by atomic mass is 32.1. The van der Waals surface area contributed by atoms with Gasteiger partial charge in [0.1, 0.15) is 0 Å². The molecule has 1 aromatic heterocycles. The van der Waals surface area contributed by atoms with Crippen LogP contribution in [-0.4, -0.2) is 0 Å². The van der Waals surface area contributed by atoms with Gasteiger partial charge in [-0.2, -0.15) is 0 Å². The van der Waals surface area contributed by atoms with Crippen LogP contribution in [0.3, 0.4) is 0 Å². The second-order valence-corrected chi connectivity index (χ2v) is 14.8. The van der Waals surface area contributed by atoms with Crippen LogP contribution in [0.4, 0.5) is 17.1 Å². The average molecular weight is 644 g/mol. The average Bonchev–Trinajstić information content (AvgIpc) is 3.65. The Bertz CT molecular complexity index is 2750. The van der Waals surface area contributed by atoms with E-state index in [0.717, 1.165) is 0 Å². The summed E-state index contributed by atoms with van der Waals surface area (Å²) < 4.78 is 2.64. The zero-order valence-electron chi connectivity index (χ0n) is 27.4. The molecule has 49 heavy (non-hydrogen) atoms. The van der Waals surface area contributed by atoms with Crippen LogP contribution >= 0.6 is 11.3 Å². The number of anilines is 3. The lowest BCUT2D eigenvalue weighted by molar-refractivity contribution is 0.660. The third kappa shape index (κ3) is 4.17. The fraction of sp³-hybridized carbons (Fsp3) is 0.0638. The number of rotatable bonds is 4. The topological polar surface area (TPSA) is 3.24 Å². The molecule has 0 radical (unpaired) electrons. The van der Waals surface area contributed by atoms with Crippen molar-refractivity contribution in [2.75, 3.05) is 4.90 Å². The SMILES string of the molecule is CC1(C)c2ccccc2-c2ccc(N(c3ccccc3-c3ccccc3)c3cccc4sc5c(ccc6ccc7ccccc7c65)c34)cc21. The van der Waals surface area contributed by atoms with E-state index in [4.69, 9.17) is 0 Å². The quantitative estimate of drug-likeness (QED) is 0.173. The summed E-state index contributed by atoms with van der Waals surface area (Å²) in [4.78, 5) is 2.52. The third-order valence-electron chi connectivity index (χ3n) is 10.6. The minimum Gasteiger partial charge on any atom is -0.309 e. The smallest absolute Gasteiger partial charge is 0.0555 e. The summed E-state index contributed by atoms with van der Waals surface area (Å²) in [5, 5.41) is 7.81. The summed E-state index contributed by atoms with van der Waals surface area (Å²) in [5.74, 6) is 0. The van der Waals surface area contributed by atoms with Gasteiger partial charge in [0.15, 0.2) is 0 Å². The van der Waals surface area contributed by atoms with Gasteiger partial charge < -0.3 is 4.90 Å². The second kappa shape index (κ2) is 10.7. The van der Waals surface area contributed by atoms with E-state index in [1.807, 2.05) is 11.3 Å². The zero-order chi connectivity index (χ0) is 32.7. The van der Waals surface area contributed by atoms with Crippen molar-refractivity contribution in [3.63, 3.8) is 0 Å². The van der Waals surface area contributed by atoms with Crippen molar-refractivity contribution in [3.05, 3.63) is 175 Å². The van der Waals surface area contributed by atoms with Crippen LogP contribution in [0.2, 0.25) is 0 Å². The van der Waals surface area contributed by atoms with Crippen molar-refractivity contribution in [2.24, 2.45) is 0 Å². The number of benzene rings is 8. The molecule has 1 aliphatic carbocycles. The van der Waals surface area contributed by atoms with Crippen LogP contribution in [0.5, 0.6) is 0 Å². The lowest BCUT2D eigenvalue weighted by atomic mass is 9.82. The Morgan fingerprint density at radius 3 is 2.06 bits per heavy atom. The molecule has 2 heteroatoms. The Morgan fingerprint density at radius 2 is 1.16 bits per heavy atom. The highest BCUT2D eigenvalue weighted by Gasteiger charge is 2.36. The summed E-state index contributed by atoms with van der Waals surface area (Å²) in [6, 6.07) is 60.5. The molecule has 0 spiro atoms. The predicted molar refractivity (Wildman–Crippen MR) is 212 cm³/mol. The Kier molecular flexibility index (Phi) is 6.16. The van der Waals surface area contributed by atoms with Crippen LogP contribution < -0.4 is 4.90 Å². The van der Waals surface area contributed by atoms with Crippen LogP contribution in [0.1, 0.15) is 25.0 Å². The normalized spacial score (nSPS) is 13.3. The van der Waals surface area contributed by atoms with Crippen molar-refractivity contribution in [1.82, 2.24) is 0 Å². The molecule has 0 fully saturated rings. The molecule has 1 aliphatic rings. The first-order valence-corrected chi connectivity index (χ1v) is 17.8. The molecule has 0 amide bonds. The van der Waals surface area contributed by atoms with Gasteiger partial charge in [-0.15, -0.1) is 11.3 Å². The standard InChI is InChI=1S/C47H33NS/c1-47(2)39-19-10-8-18-36(39)37-28-26-33(29-40(37)47)48(41-20-11-9-16-34(41)30-13-4-3-5-14-30)42-21-12-22-43-45(42)38-27-25-32-24-23-31-15-6-7-17-35(31)44(32)46(38)49-43/h3-29H,1-2H3. The van der Waals surface area contributed by atoms with Gasteiger partial charge in [0.2, 0.25) is 0 Å². The number of fused-ring (bicyclic) bond motifs is 10. The van der Waals surface area contributed by atoms with E-state index in [0.29, 0.717) is 0 Å². The van der Waals surface area contributed by atoms with E-state index in [-0.39, 0.29) is 5.41 Å². The monoisotopic (exact) mass is 643 g/mol. The molecule has 0 N–H and O–H groups in total. The van der Waals surface area contributed by atoms with Crippen molar-refractivity contribution in [3.8, 4) is 22.3 Å². The summed E-state index contributed by atoms with van der Waals surface area (Å²) in [6.45, 7) is 4.73. The Hall–Kier alpha value is -5.70. The van der Waals surface area contributed by atoms with Gasteiger partial charge in [-0.3, -0.25) is 0 Å². The zero-order valence-corrected chi connectivity index (χ0v) is 28.3. The molecule has 1 nitrogen and oxygen atoms in total. The van der Waals surface area contributed by atoms with Gasteiger partial charge in [0.05, 0.1) is 11.4 Å². The Balaban J connectivity index is 1.29. The van der Waals surface area contributed by atoms with E-state index in [9.17, 15) is 0 Å². The highest BCUT2D eigenvalue weighted by Crippen LogP contribution is 2.53. The van der Waals surface area contributed by atoms with Crippen molar-refractivity contribution in [1.29, 1.82) is 0 Å². The van der Waals surface area contributed by atoms with E-state index < -0.39 is 0 Å². The number of thiophene rings is 1. The Morgan fingerprint density at radius 1 is 0.469 bits per heavy atom. The fourth-order valence-electron chi connectivity index (χ4n) is 8.31. The van der Waals surface area contributed by atoms with Gasteiger partial charge in [-0.05, 0) is 74.3 Å². The van der Waals surface area contributed by atoms with Crippen LogP contribution in [-0.2, 0) is 5.41 Å². The number of hydrogen-bond donors (Lipinski definition) is 0. The van der Waals surface area contributed by atoms with Crippen LogP contribution in [0.15, 0.2) is 164 Å². The van der Waals surface area contributed by atoms with Crippen molar-refractivity contribution >= 4 is 70.1 Å². The van der Waals surface area contributed by atoms with Crippen LogP contribution in [0, 0.1) is 0 Å². The molecule has 9 aromatic rings. The molecule has 8 aromatic carbocycles. The van der Waals surface area contributed by atoms with Gasteiger partial charge in [0.25, 0.3) is 0 Å². The molecule has 0 atom stereocenters. The molecular formula is C47H33NS. The number of para-hydroxylation sites is 1. The molecular weight excluding hydrogens is 611 g/mol. The fourth-order valence-corrected chi connectivity index (χ4v) is 9.60. The van der Waals surface area contributed by atoms with Gasteiger partial charge in [-0.1, -0.05) is 147 Å². The van der Waals surface area contributed by atoms with Gasteiger partial charge in [-0.25, -0.2) is 0 Å². The predicted octanol–water partition coefficient (Wildman–Crippen LogP) is 13.8. The molecule has 0 saturated heterocycles. The largest absolute Gasteiger partial charge is 0.309 e. The van der Waals surface area contributed by atoms with E-state index in [2.05, 4.69) is 183 Å². The molecule has 1 heterocycles. The lowest BCUT2D eigenvalue weighted by Crippen LogP contribution is -2.17. The first-order valence-electron chi connectivity index (χ1n) is 17.0. The van der Waals surface area contributed by atoms with Gasteiger partial charge in [0, 0.05) is 42.2 Å². The molecule has 10 rings (SSSR count). The molecule has 0 aliphatic heterocycles. The first kappa shape index (κ1) is 28.3. The minimum atomic E-state index is -0.104. The maximum atomic E-state index is 2.52. The van der Waals surface area contributed by atoms with Crippen molar-refractivity contribution < 1.29 is 0 Å². The van der Waals surface area contributed by atoms with E-state index >= 15 is 0 Å². The minimum absolute atomic E-state index is 0.104. The summed E-state index contributed by atoms with van der Waals surface area (Å²) in [6.07, 6.45) is 0.